The molecule has 2 N–H and O–H groups in total. The minimum absolute atomic E-state index is 0.296. The lowest BCUT2D eigenvalue weighted by atomic mass is 9.96. The van der Waals surface area contributed by atoms with Gasteiger partial charge in [-0.15, -0.1) is 13.2 Å². The first-order valence-electron chi connectivity index (χ1n) is 6.19. The Bertz CT molecular complexity index is 432. The number of rotatable bonds is 3. The number of benzene rings is 1. The molecular formula is C13H15F3O4. The fraction of sp³-hybridized carbons (Fsp3) is 0.538. The van der Waals surface area contributed by atoms with Crippen molar-refractivity contribution in [1.29, 1.82) is 0 Å². The van der Waals surface area contributed by atoms with Crippen LogP contribution in [-0.2, 0) is 4.74 Å². The SMILES string of the molecule is OC[C@H]1O[C@@H](c2ccc(OC(F)(F)F)cc2)CC[C@@H]1O. The molecule has 1 aromatic carbocycles. The van der Waals surface area contributed by atoms with Gasteiger partial charge in [0.15, 0.2) is 0 Å². The highest BCUT2D eigenvalue weighted by molar-refractivity contribution is 5.29. The second-order valence-corrected chi connectivity index (χ2v) is 4.61. The van der Waals surface area contributed by atoms with Crippen LogP contribution in [-0.4, -0.2) is 35.4 Å². The Labute approximate surface area is 113 Å². The van der Waals surface area contributed by atoms with E-state index in [-0.39, 0.29) is 18.5 Å². The maximum Gasteiger partial charge on any atom is 0.573 e. The minimum atomic E-state index is -4.71. The predicted octanol–water partition coefficient (Wildman–Crippen LogP) is 2.16. The van der Waals surface area contributed by atoms with Gasteiger partial charge < -0.3 is 19.7 Å². The molecule has 0 aromatic heterocycles. The van der Waals surface area contributed by atoms with Crippen molar-refractivity contribution >= 4 is 0 Å². The largest absolute Gasteiger partial charge is 0.573 e. The predicted molar refractivity (Wildman–Crippen MR) is 63.1 cm³/mol. The van der Waals surface area contributed by atoms with Crippen LogP contribution in [0.5, 0.6) is 5.75 Å². The smallest absolute Gasteiger partial charge is 0.406 e. The molecule has 0 bridgehead atoms. The zero-order valence-corrected chi connectivity index (χ0v) is 10.5. The molecule has 0 aliphatic carbocycles. The Morgan fingerprint density at radius 2 is 1.85 bits per heavy atom. The zero-order chi connectivity index (χ0) is 14.8. The molecule has 4 nitrogen and oxygen atoms in total. The van der Waals surface area contributed by atoms with Crippen molar-refractivity contribution < 1.29 is 32.9 Å². The summed E-state index contributed by atoms with van der Waals surface area (Å²) >= 11 is 0. The molecule has 0 saturated carbocycles. The van der Waals surface area contributed by atoms with Gasteiger partial charge in [-0.05, 0) is 30.5 Å². The van der Waals surface area contributed by atoms with Crippen LogP contribution in [0.25, 0.3) is 0 Å². The molecule has 0 unspecified atom stereocenters. The average Bonchev–Trinajstić information content (AvgIpc) is 2.38. The number of hydrogen-bond donors (Lipinski definition) is 2. The van der Waals surface area contributed by atoms with E-state index in [1.165, 1.54) is 24.3 Å². The molecule has 0 radical (unpaired) electrons. The van der Waals surface area contributed by atoms with E-state index < -0.39 is 18.6 Å². The summed E-state index contributed by atoms with van der Waals surface area (Å²) in [5.74, 6) is -0.296. The maximum absolute atomic E-state index is 12.0. The Morgan fingerprint density at radius 3 is 2.40 bits per heavy atom. The van der Waals surface area contributed by atoms with Crippen molar-refractivity contribution in [3.05, 3.63) is 29.8 Å². The highest BCUT2D eigenvalue weighted by atomic mass is 19.4. The summed E-state index contributed by atoms with van der Waals surface area (Å²) < 4.78 is 45.4. The van der Waals surface area contributed by atoms with Crippen LogP contribution in [0.4, 0.5) is 13.2 Å². The molecule has 1 saturated heterocycles. The monoisotopic (exact) mass is 292 g/mol. The number of aliphatic hydroxyl groups is 2. The summed E-state index contributed by atoms with van der Waals surface area (Å²) in [5, 5.41) is 18.6. The number of alkyl halides is 3. The molecule has 112 valence electrons. The molecule has 20 heavy (non-hydrogen) atoms. The van der Waals surface area contributed by atoms with E-state index >= 15 is 0 Å². The molecule has 1 fully saturated rings. The zero-order valence-electron chi connectivity index (χ0n) is 10.5. The fourth-order valence-electron chi connectivity index (χ4n) is 2.17. The van der Waals surface area contributed by atoms with E-state index in [4.69, 9.17) is 9.84 Å². The standard InChI is InChI=1S/C13H15F3O4/c14-13(15,16)20-9-3-1-8(2-4-9)11-6-5-10(18)12(7-17)19-11/h1-4,10-12,17-18H,5-7H2/t10-,11+,12+/m0/s1. The molecule has 3 atom stereocenters. The van der Waals surface area contributed by atoms with Gasteiger partial charge in [-0.25, -0.2) is 0 Å². The maximum atomic E-state index is 12.0. The van der Waals surface area contributed by atoms with Crippen LogP contribution in [0.3, 0.4) is 0 Å². The Hall–Kier alpha value is -1.31. The molecule has 1 heterocycles. The quantitative estimate of drug-likeness (QED) is 0.896. The van der Waals surface area contributed by atoms with Crippen molar-refractivity contribution in [2.24, 2.45) is 0 Å². The molecule has 7 heteroatoms. The Balaban J connectivity index is 2.03. The van der Waals surface area contributed by atoms with Crippen molar-refractivity contribution in [1.82, 2.24) is 0 Å². The summed E-state index contributed by atoms with van der Waals surface area (Å²) in [5.41, 5.74) is 0.685. The van der Waals surface area contributed by atoms with Gasteiger partial charge in [0.25, 0.3) is 0 Å². The lowest BCUT2D eigenvalue weighted by Crippen LogP contribution is -2.38. The first-order chi connectivity index (χ1) is 9.39. The van der Waals surface area contributed by atoms with Crippen LogP contribution in [0.2, 0.25) is 0 Å². The molecule has 0 spiro atoms. The number of ether oxygens (including phenoxy) is 2. The molecule has 1 aliphatic rings. The van der Waals surface area contributed by atoms with Crippen LogP contribution in [0, 0.1) is 0 Å². The topological polar surface area (TPSA) is 58.9 Å². The summed E-state index contributed by atoms with van der Waals surface area (Å²) in [6, 6.07) is 5.39. The summed E-state index contributed by atoms with van der Waals surface area (Å²) in [4.78, 5) is 0. The van der Waals surface area contributed by atoms with E-state index in [2.05, 4.69) is 4.74 Å². The third kappa shape index (κ3) is 3.84. The van der Waals surface area contributed by atoms with Crippen molar-refractivity contribution in [3.8, 4) is 5.75 Å². The third-order valence-corrected chi connectivity index (χ3v) is 3.16. The van der Waals surface area contributed by atoms with Crippen molar-refractivity contribution in [2.45, 2.75) is 37.5 Å². The van der Waals surface area contributed by atoms with E-state index in [9.17, 15) is 18.3 Å². The minimum Gasteiger partial charge on any atom is -0.406 e. The van der Waals surface area contributed by atoms with Crippen LogP contribution >= 0.6 is 0 Å². The number of halogens is 3. The first kappa shape index (κ1) is 15.1. The third-order valence-electron chi connectivity index (χ3n) is 3.16. The molecular weight excluding hydrogens is 277 g/mol. The molecule has 0 amide bonds. The molecule has 2 rings (SSSR count). The Morgan fingerprint density at radius 1 is 1.20 bits per heavy atom. The van der Waals surface area contributed by atoms with Gasteiger partial charge in [0.1, 0.15) is 11.9 Å². The van der Waals surface area contributed by atoms with Gasteiger partial charge >= 0.3 is 6.36 Å². The Kier molecular flexibility index (Phi) is 4.52. The second-order valence-electron chi connectivity index (χ2n) is 4.61. The van der Waals surface area contributed by atoms with E-state index in [0.29, 0.717) is 18.4 Å². The first-order valence-corrected chi connectivity index (χ1v) is 6.19. The summed E-state index contributed by atoms with van der Waals surface area (Å²) in [6.07, 6.45) is -5.44. The van der Waals surface area contributed by atoms with Gasteiger partial charge in [-0.3, -0.25) is 0 Å². The van der Waals surface area contributed by atoms with E-state index in [1.807, 2.05) is 0 Å². The van der Waals surface area contributed by atoms with Gasteiger partial charge in [0.2, 0.25) is 0 Å². The van der Waals surface area contributed by atoms with Crippen LogP contribution in [0.15, 0.2) is 24.3 Å². The lowest BCUT2D eigenvalue weighted by molar-refractivity contribution is -0.274. The lowest BCUT2D eigenvalue weighted by Gasteiger charge is -2.33. The fourth-order valence-corrected chi connectivity index (χ4v) is 2.17. The van der Waals surface area contributed by atoms with Gasteiger partial charge in [-0.1, -0.05) is 12.1 Å². The van der Waals surface area contributed by atoms with Crippen LogP contribution < -0.4 is 4.74 Å². The summed E-state index contributed by atoms with van der Waals surface area (Å²) in [6.45, 7) is -0.299. The van der Waals surface area contributed by atoms with Gasteiger partial charge in [0.05, 0.1) is 18.8 Å². The van der Waals surface area contributed by atoms with Crippen molar-refractivity contribution in [3.63, 3.8) is 0 Å². The highest BCUT2D eigenvalue weighted by Crippen LogP contribution is 2.32. The normalized spacial score (nSPS) is 27.4. The van der Waals surface area contributed by atoms with Gasteiger partial charge in [-0.2, -0.15) is 0 Å². The number of hydrogen-bond acceptors (Lipinski definition) is 4. The number of aliphatic hydroxyl groups excluding tert-OH is 2. The molecule has 1 aliphatic heterocycles. The average molecular weight is 292 g/mol. The van der Waals surface area contributed by atoms with E-state index in [1.54, 1.807) is 0 Å². The second kappa shape index (κ2) is 5.99. The van der Waals surface area contributed by atoms with E-state index in [0.717, 1.165) is 0 Å². The summed E-state index contributed by atoms with van der Waals surface area (Å²) in [7, 11) is 0. The van der Waals surface area contributed by atoms with Gasteiger partial charge in [0, 0.05) is 0 Å². The highest BCUT2D eigenvalue weighted by Gasteiger charge is 2.32. The van der Waals surface area contributed by atoms with Crippen molar-refractivity contribution in [2.75, 3.05) is 6.61 Å². The molecule has 1 aromatic rings. The van der Waals surface area contributed by atoms with Crippen LogP contribution in [0.1, 0.15) is 24.5 Å².